The predicted octanol–water partition coefficient (Wildman–Crippen LogP) is 0.859. The maximum absolute atomic E-state index is 10.6. The summed E-state index contributed by atoms with van der Waals surface area (Å²) in [7, 11) is 0. The van der Waals surface area contributed by atoms with Gasteiger partial charge in [-0.1, -0.05) is 6.92 Å². The normalized spacial score (nSPS) is 8.82. The number of rotatable bonds is 4. The van der Waals surface area contributed by atoms with E-state index >= 15 is 0 Å². The van der Waals surface area contributed by atoms with Gasteiger partial charge in [0.2, 0.25) is 0 Å². The van der Waals surface area contributed by atoms with E-state index in [0.29, 0.717) is 6.54 Å². The molecule has 0 saturated carbocycles. The molecule has 0 spiro atoms. The van der Waals surface area contributed by atoms with E-state index in [-0.39, 0.29) is 23.0 Å². The first kappa shape index (κ1) is 13.1. The summed E-state index contributed by atoms with van der Waals surface area (Å²) in [5.74, 6) is -0.219. The van der Waals surface area contributed by atoms with Crippen LogP contribution in [-0.2, 0) is 21.9 Å². The van der Waals surface area contributed by atoms with Crippen molar-refractivity contribution in [3.05, 3.63) is 24.8 Å². The number of nitrogens with one attached hydrogen (secondary N) is 1. The Hall–Kier alpha value is -0.531. The monoisotopic (exact) mass is 200 g/mol. The third kappa shape index (κ3) is 9.47. The van der Waals surface area contributed by atoms with Crippen molar-refractivity contribution < 1.29 is 21.9 Å². The fourth-order valence-corrected chi connectivity index (χ4v) is 0.413. The second kappa shape index (κ2) is 9.47. The van der Waals surface area contributed by atoms with Crippen LogP contribution in [0.3, 0.4) is 0 Å². The van der Waals surface area contributed by atoms with Gasteiger partial charge in [-0.05, 0) is 6.42 Å². The molecule has 65 valence electrons. The van der Waals surface area contributed by atoms with Gasteiger partial charge in [-0.3, -0.25) is 10.9 Å². The van der Waals surface area contributed by atoms with Crippen molar-refractivity contribution in [1.29, 1.82) is 0 Å². The molecule has 2 nitrogen and oxygen atoms in total. The summed E-state index contributed by atoms with van der Waals surface area (Å²) in [5, 5.41) is 2.61. The molecule has 0 aromatic carbocycles. The Labute approximate surface area is 78.2 Å². The Kier molecular flexibility index (Phi) is 11.3. The van der Waals surface area contributed by atoms with Crippen LogP contribution in [0.15, 0.2) is 12.2 Å². The Balaban J connectivity index is 0. The van der Waals surface area contributed by atoms with Crippen molar-refractivity contribution in [2.24, 2.45) is 0 Å². The van der Waals surface area contributed by atoms with E-state index in [4.69, 9.17) is 6.58 Å². The van der Waals surface area contributed by atoms with Gasteiger partial charge < -0.3 is 24.0 Å². The maximum atomic E-state index is 10.6. The molecule has 0 heterocycles. The van der Waals surface area contributed by atoms with E-state index in [0.717, 1.165) is 6.42 Å². The number of hydrogen-bond donors (Lipinski definition) is 1. The second-order valence-corrected chi connectivity index (χ2v) is 1.76. The standard InChI is InChI=1S/C8H11NO.Cu/c1-3-5-6-8(10)9-7-4-2;/h1,3,5H,4,7H2,2H3,(H,9,10);/q-2;+2. The summed E-state index contributed by atoms with van der Waals surface area (Å²) >= 11 is 0. The molecule has 0 bridgehead atoms. The molecule has 0 aromatic heterocycles. The molecule has 11 heavy (non-hydrogen) atoms. The summed E-state index contributed by atoms with van der Waals surface area (Å²) in [6.45, 7) is 7.65. The minimum Gasteiger partial charge on any atom is -0.394 e. The van der Waals surface area contributed by atoms with Crippen LogP contribution < -0.4 is 5.32 Å². The Morgan fingerprint density at radius 1 is 1.73 bits per heavy atom. The third-order valence-corrected chi connectivity index (χ3v) is 0.846. The second-order valence-electron chi connectivity index (χ2n) is 1.76. The van der Waals surface area contributed by atoms with Crippen LogP contribution in [0, 0.1) is 12.7 Å². The van der Waals surface area contributed by atoms with Crippen LogP contribution in [0.2, 0.25) is 0 Å². The third-order valence-electron chi connectivity index (χ3n) is 0.846. The number of carbonyl (C=O) groups is 1. The van der Waals surface area contributed by atoms with Crippen LogP contribution in [-0.4, -0.2) is 12.5 Å². The number of carbonyl (C=O) groups excluding carboxylic acids is 1. The van der Waals surface area contributed by atoms with Gasteiger partial charge in [0.05, 0.1) is 0 Å². The zero-order valence-corrected chi connectivity index (χ0v) is 7.30. The van der Waals surface area contributed by atoms with Gasteiger partial charge in [-0.2, -0.15) is 0 Å². The fourth-order valence-electron chi connectivity index (χ4n) is 0.413. The molecule has 0 atom stereocenters. The van der Waals surface area contributed by atoms with Gasteiger partial charge in [-0.25, -0.2) is 0 Å². The largest absolute Gasteiger partial charge is 2.00 e. The quantitative estimate of drug-likeness (QED) is 0.310. The van der Waals surface area contributed by atoms with Crippen LogP contribution in [0.25, 0.3) is 0 Å². The van der Waals surface area contributed by atoms with Crippen molar-refractivity contribution in [2.45, 2.75) is 13.3 Å². The van der Waals surface area contributed by atoms with Crippen molar-refractivity contribution >= 4 is 5.91 Å². The molecule has 0 aromatic rings. The first-order chi connectivity index (χ1) is 4.81. The molecule has 0 aliphatic heterocycles. The van der Waals surface area contributed by atoms with E-state index in [2.05, 4.69) is 11.4 Å². The summed E-state index contributed by atoms with van der Waals surface area (Å²) in [5.41, 5.74) is 0. The van der Waals surface area contributed by atoms with Crippen LogP contribution in [0.5, 0.6) is 0 Å². The zero-order valence-electron chi connectivity index (χ0n) is 6.36. The molecule has 1 radical (unpaired) electrons. The molecule has 0 rings (SSSR count). The van der Waals surface area contributed by atoms with Crippen LogP contribution in [0.1, 0.15) is 13.3 Å². The SMILES string of the molecule is [CH-]=CC=[C-]C(=O)NCCC.[Cu+2]. The van der Waals surface area contributed by atoms with E-state index in [1.807, 2.05) is 6.92 Å². The summed E-state index contributed by atoms with van der Waals surface area (Å²) < 4.78 is 0. The molecule has 0 saturated heterocycles. The van der Waals surface area contributed by atoms with Crippen molar-refractivity contribution in [3.63, 3.8) is 0 Å². The topological polar surface area (TPSA) is 29.1 Å². The molecular weight excluding hydrogens is 190 g/mol. The molecular formula is C8H11CuNO. The first-order valence-corrected chi connectivity index (χ1v) is 3.22. The molecule has 0 unspecified atom stereocenters. The predicted molar refractivity (Wildman–Crippen MR) is 40.0 cm³/mol. The molecule has 0 fully saturated rings. The van der Waals surface area contributed by atoms with Crippen molar-refractivity contribution in [1.82, 2.24) is 5.32 Å². The van der Waals surface area contributed by atoms with Crippen molar-refractivity contribution in [3.8, 4) is 0 Å². The average molecular weight is 201 g/mol. The minimum atomic E-state index is -0.219. The van der Waals surface area contributed by atoms with Gasteiger partial charge in [0.25, 0.3) is 0 Å². The van der Waals surface area contributed by atoms with Crippen molar-refractivity contribution in [2.75, 3.05) is 6.54 Å². The Morgan fingerprint density at radius 3 is 2.82 bits per heavy atom. The van der Waals surface area contributed by atoms with Crippen LogP contribution >= 0.6 is 0 Å². The van der Waals surface area contributed by atoms with E-state index in [1.54, 1.807) is 0 Å². The number of hydrogen-bond acceptors (Lipinski definition) is 1. The van der Waals surface area contributed by atoms with Gasteiger partial charge in [0.1, 0.15) is 5.91 Å². The van der Waals surface area contributed by atoms with Gasteiger partial charge in [0, 0.05) is 6.54 Å². The summed E-state index contributed by atoms with van der Waals surface area (Å²) in [4.78, 5) is 10.6. The molecule has 0 aliphatic carbocycles. The first-order valence-electron chi connectivity index (χ1n) is 3.22. The Bertz CT molecular complexity index is 143. The molecule has 0 aliphatic rings. The number of amides is 1. The van der Waals surface area contributed by atoms with Gasteiger partial charge in [-0.15, -0.1) is 0 Å². The Morgan fingerprint density at radius 2 is 2.36 bits per heavy atom. The smallest absolute Gasteiger partial charge is 0.394 e. The summed E-state index contributed by atoms with van der Waals surface area (Å²) in [6.07, 6.45) is 5.99. The minimum absolute atomic E-state index is 0. The summed E-state index contributed by atoms with van der Waals surface area (Å²) in [6, 6.07) is 0. The molecule has 1 amide bonds. The van der Waals surface area contributed by atoms with E-state index < -0.39 is 0 Å². The number of allylic oxidation sites excluding steroid dienone is 2. The van der Waals surface area contributed by atoms with Crippen LogP contribution in [0.4, 0.5) is 0 Å². The van der Waals surface area contributed by atoms with E-state index in [9.17, 15) is 4.79 Å². The molecule has 1 N–H and O–H groups in total. The zero-order chi connectivity index (χ0) is 7.82. The van der Waals surface area contributed by atoms with Gasteiger partial charge in [0.15, 0.2) is 0 Å². The van der Waals surface area contributed by atoms with Gasteiger partial charge >= 0.3 is 17.1 Å². The fraction of sp³-hybridized carbons (Fsp3) is 0.375. The maximum Gasteiger partial charge on any atom is 2.00 e. The molecule has 3 heteroatoms. The average Bonchev–Trinajstić information content (AvgIpc) is 1.97. The van der Waals surface area contributed by atoms with E-state index in [1.165, 1.54) is 12.2 Å².